The highest BCUT2D eigenvalue weighted by molar-refractivity contribution is 5.96. The van der Waals surface area contributed by atoms with Gasteiger partial charge in [0.1, 0.15) is 5.58 Å². The fraction of sp³-hybridized carbons (Fsp3) is 0.400. The number of carbonyl (C=O) groups excluding carboxylic acids is 1. The highest BCUT2D eigenvalue weighted by Crippen LogP contribution is 2.22. The molecule has 0 radical (unpaired) electrons. The van der Waals surface area contributed by atoms with Gasteiger partial charge in [0.15, 0.2) is 5.76 Å². The van der Waals surface area contributed by atoms with E-state index in [0.717, 1.165) is 42.5 Å². The summed E-state index contributed by atoms with van der Waals surface area (Å²) in [5, 5.41) is 7.28. The second kappa shape index (κ2) is 6.29. The molecule has 0 saturated carbocycles. The smallest absolute Gasteiger partial charge is 0.287 e. The number of nitrogens with one attached hydrogen (secondary N) is 2. The molecule has 3 rings (SSSR count). The van der Waals surface area contributed by atoms with Crippen LogP contribution in [0.25, 0.3) is 11.0 Å². The Hall–Kier alpha value is -1.52. The van der Waals surface area contributed by atoms with Crippen LogP contribution >= 0.6 is 12.4 Å². The third-order valence-electron chi connectivity index (χ3n) is 3.60. The second-order valence-corrected chi connectivity index (χ2v) is 5.12. The average molecular weight is 295 g/mol. The highest BCUT2D eigenvalue weighted by atomic mass is 35.5. The summed E-state index contributed by atoms with van der Waals surface area (Å²) >= 11 is 0. The van der Waals surface area contributed by atoms with Crippen molar-refractivity contribution in [3.63, 3.8) is 0 Å². The first-order valence-corrected chi connectivity index (χ1v) is 6.75. The zero-order valence-corrected chi connectivity index (χ0v) is 12.3. The molecule has 1 aromatic heterocycles. The van der Waals surface area contributed by atoms with Gasteiger partial charge in [-0.05, 0) is 37.9 Å². The van der Waals surface area contributed by atoms with Gasteiger partial charge in [-0.1, -0.05) is 18.2 Å². The van der Waals surface area contributed by atoms with Crippen molar-refractivity contribution in [3.8, 4) is 0 Å². The van der Waals surface area contributed by atoms with Gasteiger partial charge in [0.05, 0.1) is 0 Å². The topological polar surface area (TPSA) is 54.3 Å². The minimum absolute atomic E-state index is 0. The Morgan fingerprint density at radius 1 is 1.45 bits per heavy atom. The summed E-state index contributed by atoms with van der Waals surface area (Å²) in [7, 11) is 0. The Kier molecular flexibility index (Phi) is 4.68. The molecule has 2 heterocycles. The molecule has 1 aromatic carbocycles. The lowest BCUT2D eigenvalue weighted by molar-refractivity contribution is 0.0905. The van der Waals surface area contributed by atoms with Crippen molar-refractivity contribution in [2.75, 3.05) is 13.1 Å². The molecule has 1 atom stereocenters. The molecule has 0 spiro atoms. The summed E-state index contributed by atoms with van der Waals surface area (Å²) in [6.45, 7) is 3.86. The molecule has 1 saturated heterocycles. The lowest BCUT2D eigenvalue weighted by atomic mass is 10.1. The van der Waals surface area contributed by atoms with Gasteiger partial charge in [-0.2, -0.15) is 0 Å². The predicted octanol–water partition coefficient (Wildman–Crippen LogP) is 2.64. The van der Waals surface area contributed by atoms with E-state index >= 15 is 0 Å². The van der Waals surface area contributed by atoms with Gasteiger partial charge < -0.3 is 15.1 Å². The van der Waals surface area contributed by atoms with Gasteiger partial charge in [0.2, 0.25) is 0 Å². The van der Waals surface area contributed by atoms with E-state index in [9.17, 15) is 4.79 Å². The van der Waals surface area contributed by atoms with Gasteiger partial charge in [-0.25, -0.2) is 0 Å². The normalized spacial score (nSPS) is 18.6. The van der Waals surface area contributed by atoms with Crippen molar-refractivity contribution in [1.82, 2.24) is 10.6 Å². The summed E-state index contributed by atoms with van der Waals surface area (Å²) < 4.78 is 5.67. The number of amides is 1. The fourth-order valence-corrected chi connectivity index (χ4v) is 2.55. The summed E-state index contributed by atoms with van der Waals surface area (Å²) in [4.78, 5) is 12.2. The Labute approximate surface area is 124 Å². The summed E-state index contributed by atoms with van der Waals surface area (Å²) in [5.74, 6) is 0.277. The van der Waals surface area contributed by atoms with E-state index in [-0.39, 0.29) is 24.4 Å². The molecule has 1 amide bonds. The molecule has 108 valence electrons. The lowest BCUT2D eigenvalue weighted by Gasteiger charge is -2.23. The van der Waals surface area contributed by atoms with E-state index in [1.807, 2.05) is 31.2 Å². The maximum absolute atomic E-state index is 12.2. The number of aryl methyl sites for hydroxylation is 1. The number of rotatable bonds is 2. The number of furan rings is 1. The van der Waals surface area contributed by atoms with Crippen molar-refractivity contribution in [2.45, 2.75) is 25.8 Å². The Bertz CT molecular complexity index is 603. The largest absolute Gasteiger partial charge is 0.451 e. The third kappa shape index (κ3) is 2.97. The van der Waals surface area contributed by atoms with Crippen LogP contribution in [0.3, 0.4) is 0 Å². The van der Waals surface area contributed by atoms with Crippen LogP contribution in [0.1, 0.15) is 29.0 Å². The van der Waals surface area contributed by atoms with Crippen LogP contribution in [0.15, 0.2) is 28.7 Å². The summed E-state index contributed by atoms with van der Waals surface area (Å²) in [5.41, 5.74) is 1.85. The minimum Gasteiger partial charge on any atom is -0.451 e. The van der Waals surface area contributed by atoms with Crippen LogP contribution in [-0.2, 0) is 0 Å². The van der Waals surface area contributed by atoms with E-state index in [1.165, 1.54) is 0 Å². The SMILES string of the molecule is Cc1cccc2cc(C(=O)N[C@H]3CCCNC3)oc12.Cl. The van der Waals surface area contributed by atoms with E-state index < -0.39 is 0 Å². The quantitative estimate of drug-likeness (QED) is 0.895. The third-order valence-corrected chi connectivity index (χ3v) is 3.60. The second-order valence-electron chi connectivity index (χ2n) is 5.12. The number of hydrogen-bond donors (Lipinski definition) is 2. The van der Waals surface area contributed by atoms with Crippen LogP contribution in [0.5, 0.6) is 0 Å². The van der Waals surface area contributed by atoms with E-state index in [2.05, 4.69) is 10.6 Å². The van der Waals surface area contributed by atoms with Crippen molar-refractivity contribution in [2.24, 2.45) is 0 Å². The van der Waals surface area contributed by atoms with Gasteiger partial charge in [-0.15, -0.1) is 12.4 Å². The van der Waals surface area contributed by atoms with Gasteiger partial charge in [0.25, 0.3) is 5.91 Å². The molecule has 2 aromatic rings. The van der Waals surface area contributed by atoms with E-state index in [4.69, 9.17) is 4.42 Å². The highest BCUT2D eigenvalue weighted by Gasteiger charge is 2.19. The first kappa shape index (κ1) is 14.9. The minimum atomic E-state index is -0.121. The molecule has 0 aliphatic carbocycles. The molecule has 0 unspecified atom stereocenters. The van der Waals surface area contributed by atoms with E-state index in [0.29, 0.717) is 5.76 Å². The number of piperidine rings is 1. The number of para-hydroxylation sites is 1. The molecule has 1 aliphatic heterocycles. The molecule has 0 bridgehead atoms. The molecular formula is C15H19ClN2O2. The van der Waals surface area contributed by atoms with Crippen molar-refractivity contribution >= 4 is 29.3 Å². The molecule has 20 heavy (non-hydrogen) atoms. The van der Waals surface area contributed by atoms with Crippen molar-refractivity contribution in [1.29, 1.82) is 0 Å². The summed E-state index contributed by atoms with van der Waals surface area (Å²) in [6.07, 6.45) is 2.13. The molecule has 5 heteroatoms. The first-order valence-electron chi connectivity index (χ1n) is 6.75. The van der Waals surface area contributed by atoms with Crippen molar-refractivity contribution < 1.29 is 9.21 Å². The maximum Gasteiger partial charge on any atom is 0.287 e. The van der Waals surface area contributed by atoms with Crippen LogP contribution < -0.4 is 10.6 Å². The molecule has 1 aliphatic rings. The Balaban J connectivity index is 0.00000147. The van der Waals surface area contributed by atoms with E-state index in [1.54, 1.807) is 0 Å². The first-order chi connectivity index (χ1) is 9.24. The fourth-order valence-electron chi connectivity index (χ4n) is 2.55. The number of fused-ring (bicyclic) bond motifs is 1. The maximum atomic E-state index is 12.2. The Morgan fingerprint density at radius 3 is 3.00 bits per heavy atom. The van der Waals surface area contributed by atoms with Crippen LogP contribution in [0.4, 0.5) is 0 Å². The zero-order valence-electron chi connectivity index (χ0n) is 11.4. The summed E-state index contributed by atoms with van der Waals surface area (Å²) in [6, 6.07) is 7.94. The molecule has 1 fully saturated rings. The van der Waals surface area contributed by atoms with Gasteiger partial charge >= 0.3 is 0 Å². The standard InChI is InChI=1S/C15H18N2O2.ClH/c1-10-4-2-5-11-8-13(19-14(10)11)15(18)17-12-6-3-7-16-9-12;/h2,4-5,8,12,16H,3,6-7,9H2,1H3,(H,17,18);1H/t12-;/m0./s1. The molecular weight excluding hydrogens is 276 g/mol. The molecule has 4 nitrogen and oxygen atoms in total. The van der Waals surface area contributed by atoms with Crippen LogP contribution in [0, 0.1) is 6.92 Å². The average Bonchev–Trinajstić information content (AvgIpc) is 2.85. The van der Waals surface area contributed by atoms with Crippen molar-refractivity contribution in [3.05, 3.63) is 35.6 Å². The lowest BCUT2D eigenvalue weighted by Crippen LogP contribution is -2.45. The zero-order chi connectivity index (χ0) is 13.2. The Morgan fingerprint density at radius 2 is 2.30 bits per heavy atom. The van der Waals surface area contributed by atoms with Gasteiger partial charge in [0, 0.05) is 18.0 Å². The number of benzene rings is 1. The monoisotopic (exact) mass is 294 g/mol. The van der Waals surface area contributed by atoms with Crippen LogP contribution in [0.2, 0.25) is 0 Å². The van der Waals surface area contributed by atoms with Gasteiger partial charge in [-0.3, -0.25) is 4.79 Å². The van der Waals surface area contributed by atoms with Crippen LogP contribution in [-0.4, -0.2) is 25.0 Å². The predicted molar refractivity (Wildman–Crippen MR) is 81.6 cm³/mol. The number of carbonyl (C=O) groups is 1. The molecule has 2 N–H and O–H groups in total. The number of hydrogen-bond acceptors (Lipinski definition) is 3. The number of halogens is 1.